The zero-order valence-electron chi connectivity index (χ0n) is 13.1. The zero-order chi connectivity index (χ0) is 17.3. The number of nitrogens with one attached hydrogen (secondary N) is 1. The third kappa shape index (κ3) is 2.86. The van der Waals surface area contributed by atoms with Gasteiger partial charge in [-0.05, 0) is 59.6 Å². The molecular weight excluding hydrogens is 370 g/mol. The van der Waals surface area contributed by atoms with Crippen molar-refractivity contribution >= 4 is 27.5 Å². The van der Waals surface area contributed by atoms with E-state index in [1.165, 1.54) is 0 Å². The maximum absolute atomic E-state index is 12.7. The van der Waals surface area contributed by atoms with Gasteiger partial charge in [-0.1, -0.05) is 6.07 Å². The van der Waals surface area contributed by atoms with Gasteiger partial charge in [-0.3, -0.25) is 9.36 Å². The second-order valence-electron chi connectivity index (χ2n) is 5.35. The van der Waals surface area contributed by atoms with Gasteiger partial charge in [0.2, 0.25) is 5.88 Å². The van der Waals surface area contributed by atoms with Crippen LogP contribution in [0.25, 0.3) is 5.88 Å². The highest BCUT2D eigenvalue weighted by Gasteiger charge is 2.24. The van der Waals surface area contributed by atoms with E-state index in [2.05, 4.69) is 27.3 Å². The van der Waals surface area contributed by atoms with Crippen molar-refractivity contribution in [3.8, 4) is 12.0 Å². The summed E-state index contributed by atoms with van der Waals surface area (Å²) in [5.74, 6) is 0.361. The molecule has 0 fully saturated rings. The molecule has 0 aliphatic carbocycles. The molecule has 0 bridgehead atoms. The van der Waals surface area contributed by atoms with Crippen molar-refractivity contribution < 1.29 is 9.21 Å². The number of carbonyl (C=O) groups excluding carboxylic acids is 1. The van der Waals surface area contributed by atoms with Crippen molar-refractivity contribution in [2.75, 3.05) is 5.32 Å². The lowest BCUT2D eigenvalue weighted by Gasteiger charge is -2.08. The predicted octanol–water partition coefficient (Wildman–Crippen LogP) is 4.57. The fourth-order valence-corrected chi connectivity index (χ4v) is 3.06. The molecule has 3 rings (SSSR count). The van der Waals surface area contributed by atoms with Gasteiger partial charge in [-0.2, -0.15) is 5.26 Å². The summed E-state index contributed by atoms with van der Waals surface area (Å²) in [7, 11) is 0. The van der Waals surface area contributed by atoms with Crippen LogP contribution in [0.4, 0.5) is 5.69 Å². The molecule has 24 heavy (non-hydrogen) atoms. The van der Waals surface area contributed by atoms with Crippen LogP contribution in [-0.2, 0) is 0 Å². The van der Waals surface area contributed by atoms with E-state index in [4.69, 9.17) is 4.42 Å². The molecule has 0 saturated heterocycles. The molecule has 0 aliphatic rings. The number of aromatic nitrogens is 1. The lowest BCUT2D eigenvalue weighted by Crippen LogP contribution is -2.14. The number of nitriles is 1. The highest BCUT2D eigenvalue weighted by Crippen LogP contribution is 2.28. The molecule has 120 valence electrons. The van der Waals surface area contributed by atoms with Gasteiger partial charge in [0.15, 0.2) is 0 Å². The van der Waals surface area contributed by atoms with E-state index in [-0.39, 0.29) is 17.0 Å². The van der Waals surface area contributed by atoms with E-state index in [9.17, 15) is 10.1 Å². The van der Waals surface area contributed by atoms with Crippen LogP contribution >= 0.6 is 15.9 Å². The van der Waals surface area contributed by atoms with E-state index in [1.807, 2.05) is 37.3 Å². The van der Waals surface area contributed by atoms with Crippen molar-refractivity contribution in [1.82, 2.24) is 4.57 Å². The molecule has 0 atom stereocenters. The van der Waals surface area contributed by atoms with Crippen molar-refractivity contribution in [3.05, 3.63) is 69.6 Å². The summed E-state index contributed by atoms with van der Waals surface area (Å²) in [5.41, 5.74) is 2.17. The topological polar surface area (TPSA) is 71.0 Å². The Morgan fingerprint density at radius 2 is 2.00 bits per heavy atom. The molecule has 0 saturated carbocycles. The maximum atomic E-state index is 12.7. The van der Waals surface area contributed by atoms with E-state index in [0.717, 1.165) is 10.0 Å². The van der Waals surface area contributed by atoms with Gasteiger partial charge in [-0.15, -0.1) is 0 Å². The Bertz CT molecular complexity index is 950. The summed E-state index contributed by atoms with van der Waals surface area (Å²) in [6.45, 7) is 3.64. The summed E-state index contributed by atoms with van der Waals surface area (Å²) in [6, 6.07) is 11.3. The standard InChI is InChI=1S/C18H14BrN3O2/c1-11-5-6-15(14(19)9-11)21-17(23)16-12(2)24-18(13(16)10-20)22-7-3-4-8-22/h3-9H,1-2H3,(H,21,23). The first-order valence-corrected chi connectivity index (χ1v) is 8.05. The minimum absolute atomic E-state index is 0.212. The molecular formula is C18H14BrN3O2. The Kier molecular flexibility index (Phi) is 4.28. The molecule has 1 amide bonds. The highest BCUT2D eigenvalue weighted by atomic mass is 79.9. The van der Waals surface area contributed by atoms with Crippen molar-refractivity contribution in [2.45, 2.75) is 13.8 Å². The first-order chi connectivity index (χ1) is 11.5. The molecule has 1 N–H and O–H groups in total. The lowest BCUT2D eigenvalue weighted by molar-refractivity contribution is 0.102. The smallest absolute Gasteiger partial charge is 0.260 e. The number of rotatable bonds is 3. The molecule has 2 heterocycles. The van der Waals surface area contributed by atoms with Crippen LogP contribution in [0.5, 0.6) is 0 Å². The fraction of sp³-hybridized carbons (Fsp3) is 0.111. The number of hydrogen-bond acceptors (Lipinski definition) is 3. The zero-order valence-corrected chi connectivity index (χ0v) is 14.7. The Morgan fingerprint density at radius 1 is 1.29 bits per heavy atom. The quantitative estimate of drug-likeness (QED) is 0.719. The van der Waals surface area contributed by atoms with Gasteiger partial charge in [0.25, 0.3) is 5.91 Å². The van der Waals surface area contributed by atoms with Gasteiger partial charge in [0, 0.05) is 16.9 Å². The average molecular weight is 384 g/mol. The fourth-order valence-electron chi connectivity index (χ4n) is 2.47. The summed E-state index contributed by atoms with van der Waals surface area (Å²) < 4.78 is 8.11. The van der Waals surface area contributed by atoms with Crippen LogP contribution < -0.4 is 5.32 Å². The highest BCUT2D eigenvalue weighted by molar-refractivity contribution is 9.10. The first kappa shape index (κ1) is 16.1. The minimum Gasteiger partial charge on any atom is -0.443 e. The normalized spacial score (nSPS) is 10.4. The Hall–Kier alpha value is -2.78. The van der Waals surface area contributed by atoms with E-state index in [0.29, 0.717) is 17.3 Å². The largest absolute Gasteiger partial charge is 0.443 e. The molecule has 0 radical (unpaired) electrons. The van der Waals surface area contributed by atoms with Crippen LogP contribution in [0.1, 0.15) is 27.2 Å². The molecule has 0 unspecified atom stereocenters. The van der Waals surface area contributed by atoms with E-state index < -0.39 is 0 Å². The van der Waals surface area contributed by atoms with E-state index in [1.54, 1.807) is 23.9 Å². The van der Waals surface area contributed by atoms with Gasteiger partial charge in [0.1, 0.15) is 23.0 Å². The Labute approximate surface area is 147 Å². The number of anilines is 1. The summed E-state index contributed by atoms with van der Waals surface area (Å²) >= 11 is 3.43. The van der Waals surface area contributed by atoms with Crippen LogP contribution in [0.15, 0.2) is 51.6 Å². The van der Waals surface area contributed by atoms with Crippen molar-refractivity contribution in [3.63, 3.8) is 0 Å². The van der Waals surface area contributed by atoms with Gasteiger partial charge in [-0.25, -0.2) is 0 Å². The molecule has 2 aromatic heterocycles. The maximum Gasteiger partial charge on any atom is 0.260 e. The molecule has 5 nitrogen and oxygen atoms in total. The molecule has 3 aromatic rings. The van der Waals surface area contributed by atoms with Crippen molar-refractivity contribution in [2.24, 2.45) is 0 Å². The Balaban J connectivity index is 2.00. The lowest BCUT2D eigenvalue weighted by atomic mass is 10.1. The predicted molar refractivity (Wildman–Crippen MR) is 94.3 cm³/mol. The van der Waals surface area contributed by atoms with Crippen LogP contribution in [0.3, 0.4) is 0 Å². The molecule has 6 heteroatoms. The number of carbonyl (C=O) groups is 1. The second kappa shape index (κ2) is 6.38. The van der Waals surface area contributed by atoms with Gasteiger partial charge < -0.3 is 9.73 Å². The summed E-state index contributed by atoms with van der Waals surface area (Å²) in [4.78, 5) is 12.7. The van der Waals surface area contributed by atoms with Crippen LogP contribution in [-0.4, -0.2) is 10.5 Å². The number of amides is 1. The number of aryl methyl sites for hydroxylation is 2. The average Bonchev–Trinajstić information content (AvgIpc) is 3.16. The summed E-state index contributed by atoms with van der Waals surface area (Å²) in [6.07, 6.45) is 3.52. The molecule has 0 aliphatic heterocycles. The van der Waals surface area contributed by atoms with Crippen LogP contribution in [0, 0.1) is 25.2 Å². The number of hydrogen-bond donors (Lipinski definition) is 1. The number of nitrogens with zero attached hydrogens (tertiary/aromatic N) is 2. The SMILES string of the molecule is Cc1ccc(NC(=O)c2c(C)oc(-n3cccc3)c2C#N)c(Br)c1. The Morgan fingerprint density at radius 3 is 2.62 bits per heavy atom. The van der Waals surface area contributed by atoms with Crippen LogP contribution in [0.2, 0.25) is 0 Å². The number of benzene rings is 1. The molecule has 1 aromatic carbocycles. The number of furan rings is 1. The third-order valence-corrected chi connectivity index (χ3v) is 4.27. The number of halogens is 1. The second-order valence-corrected chi connectivity index (χ2v) is 6.21. The first-order valence-electron chi connectivity index (χ1n) is 7.25. The van der Waals surface area contributed by atoms with Gasteiger partial charge in [0.05, 0.1) is 5.69 Å². The summed E-state index contributed by atoms with van der Waals surface area (Å²) in [5, 5.41) is 12.3. The van der Waals surface area contributed by atoms with Crippen molar-refractivity contribution in [1.29, 1.82) is 5.26 Å². The third-order valence-electron chi connectivity index (χ3n) is 3.62. The molecule has 0 spiro atoms. The van der Waals surface area contributed by atoms with E-state index >= 15 is 0 Å². The minimum atomic E-state index is -0.379. The van der Waals surface area contributed by atoms with Gasteiger partial charge >= 0.3 is 0 Å². The monoisotopic (exact) mass is 383 g/mol.